The maximum atomic E-state index is 12.1. The molecule has 118 valence electrons. The van der Waals surface area contributed by atoms with Crippen LogP contribution in [0.2, 0.25) is 0 Å². The first-order valence-electron chi connectivity index (χ1n) is 7.24. The van der Waals surface area contributed by atoms with E-state index < -0.39 is 0 Å². The largest absolute Gasteiger partial charge is 0.300 e. The number of thioether (sulfide) groups is 1. The molecule has 2 aromatic heterocycles. The van der Waals surface area contributed by atoms with Crippen molar-refractivity contribution in [3.63, 3.8) is 0 Å². The van der Waals surface area contributed by atoms with Gasteiger partial charge in [-0.05, 0) is 48.5 Å². The molecule has 0 spiro atoms. The molecule has 0 bridgehead atoms. The van der Waals surface area contributed by atoms with E-state index >= 15 is 0 Å². The van der Waals surface area contributed by atoms with Gasteiger partial charge in [0.15, 0.2) is 5.17 Å². The molecule has 0 atom stereocenters. The van der Waals surface area contributed by atoms with Gasteiger partial charge in [0.1, 0.15) is 0 Å². The molecule has 24 heavy (non-hydrogen) atoms. The number of aryl methyl sites for hydroxylation is 1. The van der Waals surface area contributed by atoms with Crippen LogP contribution in [0.5, 0.6) is 0 Å². The van der Waals surface area contributed by atoms with Crippen LogP contribution in [0.4, 0.5) is 5.13 Å². The minimum Gasteiger partial charge on any atom is -0.300 e. The van der Waals surface area contributed by atoms with E-state index in [4.69, 9.17) is 0 Å². The molecule has 1 aromatic carbocycles. The van der Waals surface area contributed by atoms with Crippen molar-refractivity contribution in [3.8, 4) is 0 Å². The minimum absolute atomic E-state index is 0.140. The standard InChI is InChI=1S/C17H12N4OS2/c1-10-9-23-16(19-10)21-17-20-15(22)14(24-17)8-11-4-5-13-12(7-11)3-2-6-18-13/h2-9H,1H3,(H,19,20,21,22). The molecule has 4 rings (SSSR count). The average molecular weight is 352 g/mol. The quantitative estimate of drug-likeness (QED) is 0.711. The Labute approximate surface area is 146 Å². The van der Waals surface area contributed by atoms with Gasteiger partial charge in [-0.25, -0.2) is 4.98 Å². The summed E-state index contributed by atoms with van der Waals surface area (Å²) in [7, 11) is 0. The second-order valence-corrected chi connectivity index (χ2v) is 7.08. The maximum absolute atomic E-state index is 12.1. The highest BCUT2D eigenvalue weighted by Crippen LogP contribution is 2.29. The van der Waals surface area contributed by atoms with E-state index in [9.17, 15) is 4.79 Å². The Morgan fingerprint density at radius 3 is 3.04 bits per heavy atom. The van der Waals surface area contributed by atoms with Crippen LogP contribution in [-0.4, -0.2) is 21.0 Å². The topological polar surface area (TPSA) is 67.2 Å². The van der Waals surface area contributed by atoms with Gasteiger partial charge < -0.3 is 5.32 Å². The van der Waals surface area contributed by atoms with Crippen LogP contribution < -0.4 is 5.32 Å². The van der Waals surface area contributed by atoms with Crippen LogP contribution in [0.1, 0.15) is 11.3 Å². The third kappa shape index (κ3) is 3.08. The van der Waals surface area contributed by atoms with E-state index in [2.05, 4.69) is 20.3 Å². The molecule has 1 saturated heterocycles. The molecule has 1 N–H and O–H groups in total. The van der Waals surface area contributed by atoms with Gasteiger partial charge in [0, 0.05) is 17.0 Å². The number of amidine groups is 1. The number of hydrogen-bond donors (Lipinski definition) is 1. The van der Waals surface area contributed by atoms with E-state index in [0.29, 0.717) is 15.2 Å². The van der Waals surface area contributed by atoms with Gasteiger partial charge in [-0.2, -0.15) is 4.99 Å². The van der Waals surface area contributed by atoms with Gasteiger partial charge in [0.25, 0.3) is 5.91 Å². The lowest BCUT2D eigenvalue weighted by atomic mass is 10.1. The van der Waals surface area contributed by atoms with E-state index in [1.54, 1.807) is 6.20 Å². The van der Waals surface area contributed by atoms with Gasteiger partial charge in [-0.15, -0.1) is 11.3 Å². The number of thiazole rings is 1. The number of carbonyl (C=O) groups is 1. The van der Waals surface area contributed by atoms with Crippen LogP contribution in [-0.2, 0) is 4.79 Å². The number of nitrogens with one attached hydrogen (secondary N) is 1. The summed E-state index contributed by atoms with van der Waals surface area (Å²) in [6, 6.07) is 9.82. The van der Waals surface area contributed by atoms with Crippen molar-refractivity contribution in [2.75, 3.05) is 0 Å². The minimum atomic E-state index is -0.140. The molecule has 3 aromatic rings. The fourth-order valence-electron chi connectivity index (χ4n) is 2.30. The van der Waals surface area contributed by atoms with Gasteiger partial charge in [0.05, 0.1) is 16.1 Å². The average Bonchev–Trinajstić information content (AvgIpc) is 3.13. The van der Waals surface area contributed by atoms with Crippen molar-refractivity contribution in [1.29, 1.82) is 0 Å². The molecule has 1 aliphatic heterocycles. The number of nitrogens with zero attached hydrogens (tertiary/aromatic N) is 3. The number of rotatable bonds is 2. The Morgan fingerprint density at radius 2 is 2.21 bits per heavy atom. The second-order valence-electron chi connectivity index (χ2n) is 5.21. The summed E-state index contributed by atoms with van der Waals surface area (Å²) < 4.78 is 0. The van der Waals surface area contributed by atoms with Gasteiger partial charge >= 0.3 is 0 Å². The highest BCUT2D eigenvalue weighted by molar-refractivity contribution is 8.18. The lowest BCUT2D eigenvalue weighted by molar-refractivity contribution is -0.115. The zero-order valence-corrected chi connectivity index (χ0v) is 14.3. The zero-order chi connectivity index (χ0) is 16.5. The summed E-state index contributed by atoms with van der Waals surface area (Å²) in [6.45, 7) is 1.92. The Balaban J connectivity index is 1.62. The fraction of sp³-hybridized carbons (Fsp3) is 0.0588. The van der Waals surface area contributed by atoms with Crippen molar-refractivity contribution in [2.24, 2.45) is 4.99 Å². The fourth-order valence-corrected chi connectivity index (χ4v) is 3.85. The van der Waals surface area contributed by atoms with Crippen molar-refractivity contribution in [2.45, 2.75) is 6.92 Å². The van der Waals surface area contributed by atoms with Crippen LogP contribution in [0, 0.1) is 6.92 Å². The third-order valence-electron chi connectivity index (χ3n) is 3.38. The normalized spacial score (nSPS) is 17.8. The van der Waals surface area contributed by atoms with Gasteiger partial charge in [-0.1, -0.05) is 12.1 Å². The Bertz CT molecular complexity index is 1010. The lowest BCUT2D eigenvalue weighted by Crippen LogP contribution is -2.19. The smallest absolute Gasteiger partial charge is 0.264 e. The summed E-state index contributed by atoms with van der Waals surface area (Å²) in [5, 5.41) is 6.96. The molecule has 1 amide bonds. The molecule has 0 radical (unpaired) electrons. The number of pyridine rings is 1. The number of amides is 1. The number of fused-ring (bicyclic) bond motifs is 1. The monoisotopic (exact) mass is 352 g/mol. The predicted octanol–water partition coefficient (Wildman–Crippen LogP) is 3.89. The van der Waals surface area contributed by atoms with E-state index in [1.807, 2.05) is 48.7 Å². The summed E-state index contributed by atoms with van der Waals surface area (Å²) in [5.41, 5.74) is 2.82. The third-order valence-corrected chi connectivity index (χ3v) is 5.14. The Kier molecular flexibility index (Phi) is 3.87. The number of aromatic nitrogens is 2. The van der Waals surface area contributed by atoms with Crippen molar-refractivity contribution < 1.29 is 4.79 Å². The summed E-state index contributed by atoms with van der Waals surface area (Å²) in [5.74, 6) is -0.140. The SMILES string of the molecule is Cc1csc(N=C2NC(=O)C(=Cc3ccc4ncccc4c3)S2)n1. The summed E-state index contributed by atoms with van der Waals surface area (Å²) in [4.78, 5) is 25.7. The van der Waals surface area contributed by atoms with E-state index in [1.165, 1.54) is 23.1 Å². The van der Waals surface area contributed by atoms with Gasteiger partial charge in [-0.3, -0.25) is 9.78 Å². The second kappa shape index (κ2) is 6.18. The molecule has 1 fully saturated rings. The molecule has 0 aliphatic carbocycles. The van der Waals surface area contributed by atoms with Crippen molar-refractivity contribution >= 4 is 56.3 Å². The lowest BCUT2D eigenvalue weighted by Gasteiger charge is -1.99. The highest BCUT2D eigenvalue weighted by Gasteiger charge is 2.24. The first-order valence-corrected chi connectivity index (χ1v) is 8.93. The van der Waals surface area contributed by atoms with E-state index in [-0.39, 0.29) is 5.91 Å². The summed E-state index contributed by atoms with van der Waals surface area (Å²) >= 11 is 2.78. The first kappa shape index (κ1) is 15.0. The molecular formula is C17H12N4OS2. The number of carbonyl (C=O) groups excluding carboxylic acids is 1. The number of aliphatic imine (C=N–C) groups is 1. The molecule has 1 aliphatic rings. The van der Waals surface area contributed by atoms with Crippen LogP contribution in [0.15, 0.2) is 51.8 Å². The molecule has 0 unspecified atom stereocenters. The molecular weight excluding hydrogens is 340 g/mol. The summed E-state index contributed by atoms with van der Waals surface area (Å²) in [6.07, 6.45) is 3.63. The Morgan fingerprint density at radius 1 is 1.29 bits per heavy atom. The van der Waals surface area contributed by atoms with Crippen LogP contribution in [0.25, 0.3) is 17.0 Å². The van der Waals surface area contributed by atoms with E-state index in [0.717, 1.165) is 22.2 Å². The predicted molar refractivity (Wildman–Crippen MR) is 99.4 cm³/mol. The highest BCUT2D eigenvalue weighted by atomic mass is 32.2. The van der Waals surface area contributed by atoms with Crippen LogP contribution >= 0.6 is 23.1 Å². The molecule has 3 heterocycles. The zero-order valence-electron chi connectivity index (χ0n) is 12.7. The van der Waals surface area contributed by atoms with Gasteiger partial charge in [0.2, 0.25) is 5.13 Å². The number of hydrogen-bond acceptors (Lipinski definition) is 6. The first-order chi connectivity index (χ1) is 11.7. The van der Waals surface area contributed by atoms with Crippen molar-refractivity contribution in [1.82, 2.24) is 15.3 Å². The number of benzene rings is 1. The van der Waals surface area contributed by atoms with Crippen LogP contribution in [0.3, 0.4) is 0 Å². The Hall–Kier alpha value is -2.51. The molecule has 7 heteroatoms. The maximum Gasteiger partial charge on any atom is 0.264 e. The molecule has 5 nitrogen and oxygen atoms in total. The molecule has 0 saturated carbocycles. The van der Waals surface area contributed by atoms with Crippen molar-refractivity contribution in [3.05, 3.63) is 58.1 Å².